The number of amides is 1. The molecule has 0 aromatic carbocycles. The molecule has 1 N–H and O–H groups in total. The molecule has 0 spiro atoms. The molecule has 0 saturated heterocycles. The number of rotatable bonds is 11. The maximum atomic E-state index is 11.6. The molecular weight excluding hydrogens is 346 g/mol. The molecule has 0 fully saturated rings. The zero-order valence-corrected chi connectivity index (χ0v) is 13.6. The first kappa shape index (κ1) is 19.0. The van der Waals surface area contributed by atoms with Gasteiger partial charge in [-0.1, -0.05) is 21.6 Å². The molecule has 126 valence electrons. The van der Waals surface area contributed by atoms with Crippen LogP contribution in [0.3, 0.4) is 0 Å². The number of pyridine rings is 1. The van der Waals surface area contributed by atoms with Gasteiger partial charge in [0.15, 0.2) is 0 Å². The van der Waals surface area contributed by atoms with E-state index in [1.807, 2.05) is 0 Å². The summed E-state index contributed by atoms with van der Waals surface area (Å²) in [6.07, 6.45) is 2.95. The highest BCUT2D eigenvalue weighted by atomic mass is 33.1. The van der Waals surface area contributed by atoms with E-state index in [0.29, 0.717) is 17.1 Å². The lowest BCUT2D eigenvalue weighted by Crippen LogP contribution is -2.30. The van der Waals surface area contributed by atoms with Crippen LogP contribution in [-0.4, -0.2) is 53.2 Å². The molecule has 23 heavy (non-hydrogen) atoms. The van der Waals surface area contributed by atoms with Crippen molar-refractivity contribution in [2.45, 2.75) is 0 Å². The second-order valence-electron chi connectivity index (χ2n) is 3.85. The van der Waals surface area contributed by atoms with Gasteiger partial charge >= 0.3 is 5.97 Å². The minimum Gasteiger partial charge on any atom is -0.463 e. The third-order valence-electron chi connectivity index (χ3n) is 2.19. The van der Waals surface area contributed by atoms with E-state index < -0.39 is 17.0 Å². The molecule has 0 saturated carbocycles. The van der Waals surface area contributed by atoms with E-state index in [-0.39, 0.29) is 19.8 Å². The van der Waals surface area contributed by atoms with Crippen molar-refractivity contribution in [1.82, 2.24) is 10.3 Å². The lowest BCUT2D eigenvalue weighted by molar-refractivity contribution is -0.756. The summed E-state index contributed by atoms with van der Waals surface area (Å²) in [6, 6.07) is 3.21. The van der Waals surface area contributed by atoms with Crippen LogP contribution < -0.4 is 5.32 Å². The summed E-state index contributed by atoms with van der Waals surface area (Å²) in [4.78, 5) is 40.9. The first-order valence-corrected chi connectivity index (χ1v) is 8.94. The highest BCUT2D eigenvalue weighted by Gasteiger charge is 2.08. The maximum absolute atomic E-state index is 11.6. The Labute approximate surface area is 140 Å². The number of hydrogen-bond acceptors (Lipinski definition) is 9. The molecule has 11 heteroatoms. The van der Waals surface area contributed by atoms with Gasteiger partial charge in [0.2, 0.25) is 0 Å². The van der Waals surface area contributed by atoms with Crippen LogP contribution in [0.4, 0.5) is 0 Å². The Morgan fingerprint density at radius 2 is 2.04 bits per heavy atom. The number of aromatic nitrogens is 1. The summed E-state index contributed by atoms with van der Waals surface area (Å²) in [7, 11) is 2.79. The number of carbonyl (C=O) groups excluding carboxylic acids is 2. The van der Waals surface area contributed by atoms with Crippen LogP contribution in [0.5, 0.6) is 0 Å². The predicted octanol–water partition coefficient (Wildman–Crippen LogP) is 0.944. The zero-order valence-electron chi connectivity index (χ0n) is 12.0. The van der Waals surface area contributed by atoms with Gasteiger partial charge in [-0.3, -0.25) is 14.6 Å². The van der Waals surface area contributed by atoms with Gasteiger partial charge in [-0.25, -0.2) is 0 Å². The second-order valence-corrected chi connectivity index (χ2v) is 6.55. The summed E-state index contributed by atoms with van der Waals surface area (Å²) in [5.74, 6) is 0.0573. The van der Waals surface area contributed by atoms with E-state index in [1.165, 1.54) is 27.8 Å². The standard InChI is InChI=1S/C12H15N3O6S2/c16-11(9-14-12(17)10-2-1-3-13-8-10)20-4-6-22-23-7-5-21-15(18)19/h1-3,8H,4-7,9H2,(H,14,17). The monoisotopic (exact) mass is 361 g/mol. The van der Waals surface area contributed by atoms with Crippen molar-refractivity contribution < 1.29 is 24.3 Å². The average molecular weight is 361 g/mol. The van der Waals surface area contributed by atoms with E-state index in [2.05, 4.69) is 15.1 Å². The lowest BCUT2D eigenvalue weighted by atomic mass is 10.3. The van der Waals surface area contributed by atoms with Crippen molar-refractivity contribution in [3.05, 3.63) is 40.2 Å². The van der Waals surface area contributed by atoms with Crippen molar-refractivity contribution in [3.8, 4) is 0 Å². The largest absolute Gasteiger partial charge is 0.463 e. The summed E-state index contributed by atoms with van der Waals surface area (Å²) in [5.41, 5.74) is 0.365. The first-order chi connectivity index (χ1) is 11.1. The normalized spacial score (nSPS) is 9.91. The zero-order chi connectivity index (χ0) is 16.9. The molecule has 1 heterocycles. The molecule has 9 nitrogen and oxygen atoms in total. The minimum absolute atomic E-state index is 0.0187. The van der Waals surface area contributed by atoms with Gasteiger partial charge in [-0.2, -0.15) is 0 Å². The summed E-state index contributed by atoms with van der Waals surface area (Å²) in [6.45, 7) is -0.0115. The van der Waals surface area contributed by atoms with Crippen molar-refractivity contribution in [2.24, 2.45) is 0 Å². The van der Waals surface area contributed by atoms with E-state index in [1.54, 1.807) is 18.3 Å². The summed E-state index contributed by atoms with van der Waals surface area (Å²) in [5, 5.41) is 11.5. The Morgan fingerprint density at radius 1 is 1.30 bits per heavy atom. The third-order valence-corrected chi connectivity index (χ3v) is 4.53. The van der Waals surface area contributed by atoms with Gasteiger partial charge in [0.05, 0.1) is 5.56 Å². The SMILES string of the molecule is O=C(CNC(=O)c1cccnc1)OCCSSCCO[N+](=O)[O-]. The highest BCUT2D eigenvalue weighted by molar-refractivity contribution is 8.76. The van der Waals surface area contributed by atoms with Crippen LogP contribution in [0.1, 0.15) is 10.4 Å². The number of ether oxygens (including phenoxy) is 1. The van der Waals surface area contributed by atoms with Gasteiger partial charge in [0, 0.05) is 23.9 Å². The quantitative estimate of drug-likeness (QED) is 0.202. The molecule has 0 radical (unpaired) electrons. The molecular formula is C12H15N3O6S2. The Morgan fingerprint density at radius 3 is 2.70 bits per heavy atom. The molecule has 0 aliphatic rings. The molecule has 0 unspecified atom stereocenters. The molecule has 0 aliphatic carbocycles. The van der Waals surface area contributed by atoms with Gasteiger partial charge in [0.25, 0.3) is 11.0 Å². The Hall–Kier alpha value is -2.01. The molecule has 0 bridgehead atoms. The number of nitrogens with one attached hydrogen (secondary N) is 1. The Kier molecular flexibility index (Phi) is 9.55. The molecule has 1 rings (SSSR count). The number of nitrogens with zero attached hydrogens (tertiary/aromatic N) is 2. The van der Waals surface area contributed by atoms with E-state index >= 15 is 0 Å². The fourth-order valence-corrected chi connectivity index (χ4v) is 2.90. The maximum Gasteiger partial charge on any atom is 0.325 e. The lowest BCUT2D eigenvalue weighted by Gasteiger charge is -2.06. The molecule has 1 amide bonds. The van der Waals surface area contributed by atoms with Crippen LogP contribution in [-0.2, 0) is 14.4 Å². The Bertz CT molecular complexity index is 517. The average Bonchev–Trinajstić information content (AvgIpc) is 2.55. The molecule has 1 aromatic heterocycles. The van der Waals surface area contributed by atoms with E-state index in [9.17, 15) is 19.7 Å². The van der Waals surface area contributed by atoms with Crippen LogP contribution in [0, 0.1) is 10.1 Å². The summed E-state index contributed by atoms with van der Waals surface area (Å²) >= 11 is 0. The number of esters is 1. The number of carbonyl (C=O) groups is 2. The van der Waals surface area contributed by atoms with Gasteiger partial charge in [0.1, 0.15) is 19.8 Å². The van der Waals surface area contributed by atoms with Gasteiger partial charge in [-0.15, -0.1) is 10.1 Å². The first-order valence-electron chi connectivity index (χ1n) is 6.45. The van der Waals surface area contributed by atoms with Crippen LogP contribution in [0.2, 0.25) is 0 Å². The van der Waals surface area contributed by atoms with E-state index in [4.69, 9.17) is 4.74 Å². The van der Waals surface area contributed by atoms with Crippen LogP contribution in [0.25, 0.3) is 0 Å². The van der Waals surface area contributed by atoms with Crippen LogP contribution in [0.15, 0.2) is 24.5 Å². The highest BCUT2D eigenvalue weighted by Crippen LogP contribution is 2.20. The fraction of sp³-hybridized carbons (Fsp3) is 0.417. The fourth-order valence-electron chi connectivity index (χ4n) is 1.26. The molecule has 1 aromatic rings. The topological polar surface area (TPSA) is 121 Å². The Balaban J connectivity index is 2.00. The summed E-state index contributed by atoms with van der Waals surface area (Å²) < 4.78 is 4.93. The van der Waals surface area contributed by atoms with Crippen molar-refractivity contribution in [2.75, 3.05) is 31.3 Å². The van der Waals surface area contributed by atoms with Crippen molar-refractivity contribution >= 4 is 33.5 Å². The predicted molar refractivity (Wildman–Crippen MR) is 85.4 cm³/mol. The van der Waals surface area contributed by atoms with Crippen molar-refractivity contribution in [3.63, 3.8) is 0 Å². The van der Waals surface area contributed by atoms with Crippen molar-refractivity contribution in [1.29, 1.82) is 0 Å². The smallest absolute Gasteiger partial charge is 0.325 e. The third kappa shape index (κ3) is 9.58. The second kappa shape index (κ2) is 11.5. The minimum atomic E-state index is -0.840. The van der Waals surface area contributed by atoms with Gasteiger partial charge < -0.3 is 14.9 Å². The van der Waals surface area contributed by atoms with Gasteiger partial charge in [-0.05, 0) is 12.1 Å². The van der Waals surface area contributed by atoms with E-state index in [0.717, 1.165) is 0 Å². The van der Waals surface area contributed by atoms with Crippen LogP contribution >= 0.6 is 21.6 Å². The molecule has 0 atom stereocenters. The number of hydrogen-bond donors (Lipinski definition) is 1. The molecule has 0 aliphatic heterocycles.